The van der Waals surface area contributed by atoms with Gasteiger partial charge in [0.25, 0.3) is 0 Å². The van der Waals surface area contributed by atoms with Crippen molar-refractivity contribution < 1.29 is 9.08 Å². The van der Waals surface area contributed by atoms with Crippen LogP contribution in [0.15, 0.2) is 0 Å². The van der Waals surface area contributed by atoms with Gasteiger partial charge in [-0.2, -0.15) is 0 Å². The second kappa shape index (κ2) is 4.70. The van der Waals surface area contributed by atoms with Crippen molar-refractivity contribution in [2.75, 3.05) is 6.54 Å². The molecule has 9 heavy (non-hydrogen) atoms. The molecule has 3 nitrogen and oxygen atoms in total. The lowest BCUT2D eigenvalue weighted by molar-refractivity contribution is 0.184. The van der Waals surface area contributed by atoms with Gasteiger partial charge in [-0.25, -0.2) is 9.21 Å². The quantitative estimate of drug-likeness (QED) is 0.597. The van der Waals surface area contributed by atoms with Crippen LogP contribution in [0.3, 0.4) is 0 Å². The number of hydrogen-bond donors (Lipinski definition) is 0. The van der Waals surface area contributed by atoms with E-state index in [-0.39, 0.29) is 0 Å². The molecule has 0 fully saturated rings. The Kier molecular flexibility index (Phi) is 4.62. The molecule has 0 aromatic heterocycles. The number of hydrogen-bond acceptors (Lipinski definition) is 2. The highest BCUT2D eigenvalue weighted by Gasteiger charge is 2.09. The normalized spacial score (nSPS) is 8.78. The summed E-state index contributed by atoms with van der Waals surface area (Å²) in [6.45, 7) is 2.32. The number of carbonyl (C=O) groups is 1. The van der Waals surface area contributed by atoms with E-state index < -0.39 is 6.09 Å². The van der Waals surface area contributed by atoms with Crippen molar-refractivity contribution in [3.05, 3.63) is 0 Å². The monoisotopic (exact) mass is 171 g/mol. The molecule has 0 aliphatic rings. The fourth-order valence-corrected chi connectivity index (χ4v) is 0.647. The van der Waals surface area contributed by atoms with E-state index in [2.05, 4.69) is 4.29 Å². The maximum atomic E-state index is 10.3. The van der Waals surface area contributed by atoms with Gasteiger partial charge in [0.15, 0.2) is 0 Å². The summed E-state index contributed by atoms with van der Waals surface area (Å²) >= 11 is 10.0. The summed E-state index contributed by atoms with van der Waals surface area (Å²) in [6, 6.07) is 0. The Bertz CT molecular complexity index is 98.6. The Balaban J connectivity index is 3.45. The van der Waals surface area contributed by atoms with Crippen molar-refractivity contribution in [3.8, 4) is 0 Å². The SMILES string of the molecule is CCCN(Cl)C(=O)OCl. The van der Waals surface area contributed by atoms with Crippen molar-refractivity contribution in [1.82, 2.24) is 4.42 Å². The molecule has 54 valence electrons. The highest BCUT2D eigenvalue weighted by atomic mass is 35.5. The molecule has 0 unspecified atom stereocenters. The predicted octanol–water partition coefficient (Wildman–Crippen LogP) is 2.14. The predicted molar refractivity (Wildman–Crippen MR) is 35.2 cm³/mol. The molecule has 0 radical (unpaired) electrons. The third-order valence-corrected chi connectivity index (χ3v) is 1.12. The van der Waals surface area contributed by atoms with Gasteiger partial charge < -0.3 is 4.29 Å². The fraction of sp³-hybridized carbons (Fsp3) is 0.750. The number of amides is 1. The van der Waals surface area contributed by atoms with Crippen molar-refractivity contribution in [1.29, 1.82) is 0 Å². The average molecular weight is 172 g/mol. The standard InChI is InChI=1S/C4H7Cl2NO2/c1-2-3-7(5)4(8)9-6/h2-3H2,1H3. The molecule has 0 aliphatic carbocycles. The van der Waals surface area contributed by atoms with Gasteiger partial charge in [0.05, 0.1) is 0 Å². The number of rotatable bonds is 2. The molecule has 0 heterocycles. The van der Waals surface area contributed by atoms with E-state index in [9.17, 15) is 4.79 Å². The van der Waals surface area contributed by atoms with Gasteiger partial charge in [-0.15, -0.1) is 0 Å². The maximum absolute atomic E-state index is 10.3. The third kappa shape index (κ3) is 3.43. The minimum atomic E-state index is -0.736. The van der Waals surface area contributed by atoms with Gasteiger partial charge in [-0.3, -0.25) is 0 Å². The van der Waals surface area contributed by atoms with Gasteiger partial charge in [-0.05, 0) is 6.42 Å². The van der Waals surface area contributed by atoms with Crippen LogP contribution in [-0.2, 0) is 4.29 Å². The smallest absolute Gasteiger partial charge is 0.329 e. The number of halogens is 2. The molecule has 0 aromatic rings. The first-order chi connectivity index (χ1) is 4.22. The lowest BCUT2D eigenvalue weighted by Gasteiger charge is -2.07. The van der Waals surface area contributed by atoms with E-state index in [0.717, 1.165) is 10.8 Å². The highest BCUT2D eigenvalue weighted by Crippen LogP contribution is 2.00. The van der Waals surface area contributed by atoms with E-state index in [1.54, 1.807) is 0 Å². The van der Waals surface area contributed by atoms with E-state index in [1.807, 2.05) is 6.92 Å². The molecule has 0 saturated heterocycles. The highest BCUT2D eigenvalue weighted by molar-refractivity contribution is 6.23. The molecule has 0 N–H and O–H groups in total. The first-order valence-corrected chi connectivity index (χ1v) is 3.13. The van der Waals surface area contributed by atoms with Crippen molar-refractivity contribution in [2.24, 2.45) is 0 Å². The van der Waals surface area contributed by atoms with Crippen molar-refractivity contribution in [2.45, 2.75) is 13.3 Å². The van der Waals surface area contributed by atoms with Gasteiger partial charge in [-0.1, -0.05) is 6.92 Å². The third-order valence-electron chi connectivity index (χ3n) is 0.684. The van der Waals surface area contributed by atoms with E-state index >= 15 is 0 Å². The zero-order valence-electron chi connectivity index (χ0n) is 4.93. The van der Waals surface area contributed by atoms with Gasteiger partial charge in [0.1, 0.15) is 11.9 Å². The summed E-state index contributed by atoms with van der Waals surface area (Å²) < 4.78 is 4.67. The Hall–Kier alpha value is -0.150. The lowest BCUT2D eigenvalue weighted by atomic mass is 10.5. The van der Waals surface area contributed by atoms with E-state index in [1.165, 1.54) is 0 Å². The number of carbonyl (C=O) groups excluding carboxylic acids is 1. The zero-order valence-corrected chi connectivity index (χ0v) is 6.45. The summed E-state index contributed by atoms with van der Waals surface area (Å²) in [5.74, 6) is 0. The lowest BCUT2D eigenvalue weighted by Crippen LogP contribution is -2.20. The van der Waals surface area contributed by atoms with Gasteiger partial charge >= 0.3 is 6.09 Å². The molecule has 1 amide bonds. The second-order valence-electron chi connectivity index (χ2n) is 1.43. The van der Waals surface area contributed by atoms with E-state index in [4.69, 9.17) is 23.6 Å². The first-order valence-electron chi connectivity index (χ1n) is 2.48. The van der Waals surface area contributed by atoms with Crippen LogP contribution in [0.2, 0.25) is 0 Å². The van der Waals surface area contributed by atoms with Crippen LogP contribution in [0.5, 0.6) is 0 Å². The average Bonchev–Trinajstić information content (AvgIpc) is 1.87. The van der Waals surface area contributed by atoms with Crippen LogP contribution >= 0.6 is 23.6 Å². The summed E-state index contributed by atoms with van der Waals surface area (Å²) in [5, 5.41) is 0. The van der Waals surface area contributed by atoms with Crippen LogP contribution in [0.25, 0.3) is 0 Å². The number of nitrogens with zero attached hydrogens (tertiary/aromatic N) is 1. The molecule has 0 atom stereocenters. The van der Waals surface area contributed by atoms with Crippen LogP contribution < -0.4 is 0 Å². The summed E-state index contributed by atoms with van der Waals surface area (Å²) in [6.07, 6.45) is 0.0374. The van der Waals surface area contributed by atoms with Gasteiger partial charge in [0.2, 0.25) is 0 Å². The zero-order chi connectivity index (χ0) is 7.28. The first kappa shape index (κ1) is 8.85. The van der Waals surface area contributed by atoms with Crippen molar-refractivity contribution in [3.63, 3.8) is 0 Å². The van der Waals surface area contributed by atoms with Crippen LogP contribution in [-0.4, -0.2) is 17.1 Å². The molecule has 0 bridgehead atoms. The van der Waals surface area contributed by atoms with Crippen LogP contribution in [0, 0.1) is 0 Å². The minimum absolute atomic E-state index is 0.438. The fourth-order valence-electron chi connectivity index (χ4n) is 0.325. The summed E-state index contributed by atoms with van der Waals surface area (Å²) in [4.78, 5) is 10.3. The minimum Gasteiger partial charge on any atom is -0.329 e. The van der Waals surface area contributed by atoms with Crippen LogP contribution in [0.1, 0.15) is 13.3 Å². The van der Waals surface area contributed by atoms with E-state index in [0.29, 0.717) is 6.54 Å². The largest absolute Gasteiger partial charge is 0.442 e. The van der Waals surface area contributed by atoms with Crippen LogP contribution in [0.4, 0.5) is 4.79 Å². The Morgan fingerprint density at radius 3 is 2.67 bits per heavy atom. The molecule has 0 aliphatic heterocycles. The Morgan fingerprint density at radius 1 is 1.78 bits per heavy atom. The Labute approximate surface area is 63.8 Å². The Morgan fingerprint density at radius 2 is 2.33 bits per heavy atom. The van der Waals surface area contributed by atoms with Crippen molar-refractivity contribution >= 4 is 29.7 Å². The molecule has 0 saturated carbocycles. The maximum Gasteiger partial charge on any atom is 0.442 e. The van der Waals surface area contributed by atoms with Gasteiger partial charge in [0, 0.05) is 18.3 Å². The summed E-state index contributed by atoms with van der Waals surface area (Å²) in [5.41, 5.74) is 0. The molecule has 0 spiro atoms. The topological polar surface area (TPSA) is 29.5 Å². The molecule has 0 rings (SSSR count). The molecular formula is C4H7Cl2NO2. The summed E-state index contributed by atoms with van der Waals surface area (Å²) in [7, 11) is 0. The molecule has 0 aromatic carbocycles. The molecular weight excluding hydrogens is 165 g/mol. The molecule has 5 heteroatoms. The second-order valence-corrected chi connectivity index (χ2v) is 1.99.